The monoisotopic (exact) mass is 366 g/mol. The number of hydrogen-bond acceptors (Lipinski definition) is 4. The van der Waals surface area contributed by atoms with E-state index >= 15 is 0 Å². The summed E-state index contributed by atoms with van der Waals surface area (Å²) in [5.41, 5.74) is 2.73. The lowest BCUT2D eigenvalue weighted by atomic mass is 10.2. The van der Waals surface area contributed by atoms with Crippen molar-refractivity contribution in [2.24, 2.45) is 0 Å². The molecule has 10 heteroatoms. The number of benzene rings is 2. The van der Waals surface area contributed by atoms with Crippen LogP contribution in [0.3, 0.4) is 0 Å². The summed E-state index contributed by atoms with van der Waals surface area (Å²) >= 11 is 5.72. The van der Waals surface area contributed by atoms with E-state index in [4.69, 9.17) is 11.6 Å². The van der Waals surface area contributed by atoms with Crippen LogP contribution in [-0.2, 0) is 10.0 Å². The summed E-state index contributed by atoms with van der Waals surface area (Å²) < 4.78 is 24.4. The Morgan fingerprint density at radius 3 is 2.38 bits per heavy atom. The molecule has 124 valence electrons. The average Bonchev–Trinajstić information content (AvgIpc) is 2.92. The highest BCUT2D eigenvalue weighted by molar-refractivity contribution is 7.89. The first-order chi connectivity index (χ1) is 11.3. The second-order valence-electron chi connectivity index (χ2n) is 4.85. The van der Waals surface area contributed by atoms with E-state index in [0.717, 1.165) is 0 Å². The number of rotatable bonds is 4. The molecule has 0 unspecified atom stereocenters. The van der Waals surface area contributed by atoms with Gasteiger partial charge in [-0.2, -0.15) is 0 Å². The van der Waals surface area contributed by atoms with Crippen molar-refractivity contribution in [3.63, 3.8) is 0 Å². The summed E-state index contributed by atoms with van der Waals surface area (Å²) in [6, 6.07) is 9.99. The van der Waals surface area contributed by atoms with E-state index in [1.165, 1.54) is 42.5 Å². The van der Waals surface area contributed by atoms with Gasteiger partial charge < -0.3 is 9.97 Å². The van der Waals surface area contributed by atoms with Crippen LogP contribution < -0.4 is 15.9 Å². The van der Waals surface area contributed by atoms with E-state index in [2.05, 4.69) is 15.4 Å². The second-order valence-corrected chi connectivity index (χ2v) is 6.97. The van der Waals surface area contributed by atoms with Crippen LogP contribution in [0.1, 0.15) is 10.4 Å². The molecule has 1 aromatic heterocycles. The van der Waals surface area contributed by atoms with Gasteiger partial charge in [-0.1, -0.05) is 11.6 Å². The van der Waals surface area contributed by atoms with E-state index in [1.807, 2.05) is 4.83 Å². The van der Waals surface area contributed by atoms with Crippen molar-refractivity contribution in [1.29, 1.82) is 0 Å². The van der Waals surface area contributed by atoms with Crippen LogP contribution in [-0.4, -0.2) is 24.3 Å². The van der Waals surface area contributed by atoms with E-state index in [-0.39, 0.29) is 10.5 Å². The Labute approximate surface area is 140 Å². The maximum Gasteiger partial charge on any atom is 0.323 e. The zero-order valence-corrected chi connectivity index (χ0v) is 13.5. The van der Waals surface area contributed by atoms with Gasteiger partial charge in [0, 0.05) is 10.6 Å². The maximum atomic E-state index is 12.2. The van der Waals surface area contributed by atoms with Crippen molar-refractivity contribution < 1.29 is 13.2 Å². The number of halogens is 1. The summed E-state index contributed by atoms with van der Waals surface area (Å²) in [6.45, 7) is 0. The fourth-order valence-corrected chi connectivity index (χ4v) is 3.02. The van der Waals surface area contributed by atoms with Crippen molar-refractivity contribution in [3.8, 4) is 0 Å². The molecule has 4 N–H and O–H groups in total. The van der Waals surface area contributed by atoms with Gasteiger partial charge in [-0.3, -0.25) is 10.2 Å². The number of carbonyl (C=O) groups is 1. The van der Waals surface area contributed by atoms with Gasteiger partial charge in [-0.15, -0.1) is 4.83 Å². The molecule has 0 bridgehead atoms. The fourth-order valence-electron chi connectivity index (χ4n) is 2.02. The predicted octanol–water partition coefficient (Wildman–Crippen LogP) is 1.13. The zero-order chi connectivity index (χ0) is 17.3. The topological polar surface area (TPSA) is 124 Å². The minimum atomic E-state index is -4.00. The number of aromatic amines is 2. The lowest BCUT2D eigenvalue weighted by Crippen LogP contribution is -2.41. The quantitative estimate of drug-likeness (QED) is 0.517. The molecule has 0 saturated heterocycles. The predicted molar refractivity (Wildman–Crippen MR) is 88.2 cm³/mol. The fraction of sp³-hybridized carbons (Fsp3) is 0. The Morgan fingerprint density at radius 1 is 1.00 bits per heavy atom. The summed E-state index contributed by atoms with van der Waals surface area (Å²) in [6.07, 6.45) is 0. The van der Waals surface area contributed by atoms with E-state index in [1.54, 1.807) is 0 Å². The summed E-state index contributed by atoms with van der Waals surface area (Å²) in [5.74, 6) is -0.633. The third kappa shape index (κ3) is 3.32. The maximum absolute atomic E-state index is 12.2. The van der Waals surface area contributed by atoms with Gasteiger partial charge in [0.05, 0.1) is 15.9 Å². The number of hydrazine groups is 1. The highest BCUT2D eigenvalue weighted by Crippen LogP contribution is 2.14. The Hall–Kier alpha value is -2.62. The van der Waals surface area contributed by atoms with Crippen LogP contribution in [0.2, 0.25) is 5.02 Å². The van der Waals surface area contributed by atoms with Gasteiger partial charge in [0.1, 0.15) is 0 Å². The average molecular weight is 367 g/mol. The molecule has 8 nitrogen and oxygen atoms in total. The zero-order valence-electron chi connectivity index (χ0n) is 12.0. The molecule has 2 aromatic carbocycles. The van der Waals surface area contributed by atoms with E-state index in [9.17, 15) is 18.0 Å². The molecule has 0 aliphatic heterocycles. The Kier molecular flexibility index (Phi) is 4.14. The molecule has 0 atom stereocenters. The molecule has 0 fully saturated rings. The minimum absolute atomic E-state index is 0.110. The first kappa shape index (κ1) is 16.2. The summed E-state index contributed by atoms with van der Waals surface area (Å²) in [5, 5.41) is 0.459. The van der Waals surface area contributed by atoms with Crippen LogP contribution in [0.4, 0.5) is 0 Å². The molecular weight excluding hydrogens is 356 g/mol. The third-order valence-corrected chi connectivity index (χ3v) is 4.70. The molecule has 1 heterocycles. The SMILES string of the molecule is O=C(NNS(=O)(=O)c1ccc2[nH]c(=O)[nH]c2c1)c1ccc(Cl)cc1. The molecular formula is C14H11ClN4O4S. The molecule has 0 radical (unpaired) electrons. The number of aromatic nitrogens is 2. The molecule has 0 saturated carbocycles. The summed E-state index contributed by atoms with van der Waals surface area (Å²) in [7, 11) is -4.00. The van der Waals surface area contributed by atoms with Crippen LogP contribution in [0, 0.1) is 0 Å². The standard InChI is InChI=1S/C14H11ClN4O4S/c15-9-3-1-8(2-4-9)13(20)18-19-24(22,23)10-5-6-11-12(7-10)17-14(21)16-11/h1-7,19H,(H,18,20)(H2,16,17,21). The highest BCUT2D eigenvalue weighted by atomic mass is 35.5. The first-order valence-corrected chi connectivity index (χ1v) is 8.51. The molecule has 0 spiro atoms. The van der Waals surface area contributed by atoms with E-state index in [0.29, 0.717) is 16.1 Å². The first-order valence-electron chi connectivity index (χ1n) is 6.65. The number of fused-ring (bicyclic) bond motifs is 1. The lowest BCUT2D eigenvalue weighted by Gasteiger charge is -2.08. The van der Waals surface area contributed by atoms with Crippen molar-refractivity contribution >= 4 is 38.6 Å². The van der Waals surface area contributed by atoms with Crippen LogP contribution in [0.5, 0.6) is 0 Å². The van der Waals surface area contributed by atoms with Crippen molar-refractivity contribution in [2.45, 2.75) is 4.90 Å². The normalized spacial score (nSPS) is 11.5. The number of nitrogens with one attached hydrogen (secondary N) is 4. The van der Waals surface area contributed by atoms with Gasteiger partial charge in [-0.05, 0) is 42.5 Å². The number of sulfonamides is 1. The number of imidazole rings is 1. The molecule has 0 aliphatic rings. The second kappa shape index (κ2) is 6.11. The van der Waals surface area contributed by atoms with Crippen LogP contribution in [0.15, 0.2) is 52.2 Å². The molecule has 1 amide bonds. The highest BCUT2D eigenvalue weighted by Gasteiger charge is 2.16. The van der Waals surface area contributed by atoms with Crippen molar-refractivity contribution in [1.82, 2.24) is 20.2 Å². The number of H-pyrrole nitrogens is 2. The van der Waals surface area contributed by atoms with Gasteiger partial charge >= 0.3 is 5.69 Å². The molecule has 24 heavy (non-hydrogen) atoms. The third-order valence-electron chi connectivity index (χ3n) is 3.20. The van der Waals surface area contributed by atoms with Gasteiger partial charge in [0.15, 0.2) is 0 Å². The Balaban J connectivity index is 1.78. The number of amides is 1. The minimum Gasteiger partial charge on any atom is -0.306 e. The van der Waals surface area contributed by atoms with Gasteiger partial charge in [0.25, 0.3) is 15.9 Å². The van der Waals surface area contributed by atoms with Gasteiger partial charge in [0.2, 0.25) is 0 Å². The molecule has 0 aliphatic carbocycles. The van der Waals surface area contributed by atoms with Gasteiger partial charge in [-0.25, -0.2) is 13.2 Å². The largest absolute Gasteiger partial charge is 0.323 e. The number of carbonyl (C=O) groups excluding carboxylic acids is 1. The Bertz CT molecular complexity index is 1070. The van der Waals surface area contributed by atoms with E-state index < -0.39 is 21.6 Å². The Morgan fingerprint density at radius 2 is 1.67 bits per heavy atom. The smallest absolute Gasteiger partial charge is 0.306 e. The summed E-state index contributed by atoms with van der Waals surface area (Å²) in [4.78, 5) is 30.0. The molecule has 3 aromatic rings. The van der Waals surface area contributed by atoms with Crippen LogP contribution >= 0.6 is 11.6 Å². The van der Waals surface area contributed by atoms with Crippen molar-refractivity contribution in [2.75, 3.05) is 0 Å². The number of hydrogen-bond donors (Lipinski definition) is 4. The van der Waals surface area contributed by atoms with Crippen molar-refractivity contribution in [3.05, 3.63) is 63.5 Å². The lowest BCUT2D eigenvalue weighted by molar-refractivity contribution is 0.0945. The molecule has 3 rings (SSSR count). The van der Waals surface area contributed by atoms with Crippen LogP contribution in [0.25, 0.3) is 11.0 Å².